The van der Waals surface area contributed by atoms with E-state index in [0.717, 1.165) is 25.6 Å². The van der Waals surface area contributed by atoms with Crippen LogP contribution >= 0.6 is 0 Å². The minimum Gasteiger partial charge on any atom is -0.344 e. The minimum absolute atomic E-state index is 0.560. The molecule has 100 valence electrons. The third-order valence-corrected chi connectivity index (χ3v) is 3.05. The summed E-state index contributed by atoms with van der Waals surface area (Å²) in [5, 5.41) is 0. The molecule has 17 heavy (non-hydrogen) atoms. The molecule has 5 heteroatoms. The number of nitrogens with zero attached hydrogens (tertiary/aromatic N) is 3. The highest BCUT2D eigenvalue weighted by atomic mass is 15.4. The number of likely N-dealkylation sites (tertiary alicyclic amines) is 1. The normalized spacial score (nSPS) is 17.8. The number of aliphatic imine (C=N–C) groups is 1. The van der Waals surface area contributed by atoms with Crippen molar-refractivity contribution in [1.82, 2.24) is 15.2 Å². The number of rotatable bonds is 5. The molecular weight excluding hydrogens is 214 g/mol. The molecule has 0 radical (unpaired) electrons. The highest BCUT2D eigenvalue weighted by Crippen LogP contribution is 2.06. The van der Waals surface area contributed by atoms with Crippen molar-refractivity contribution in [1.29, 1.82) is 0 Å². The Morgan fingerprint density at radius 2 is 2.06 bits per heavy atom. The van der Waals surface area contributed by atoms with Crippen LogP contribution in [0.5, 0.6) is 0 Å². The first-order chi connectivity index (χ1) is 8.13. The van der Waals surface area contributed by atoms with Crippen molar-refractivity contribution >= 4 is 5.96 Å². The number of hydrogen-bond acceptors (Lipinski definition) is 3. The van der Waals surface area contributed by atoms with Crippen molar-refractivity contribution < 1.29 is 0 Å². The van der Waals surface area contributed by atoms with Gasteiger partial charge < -0.3 is 9.80 Å². The zero-order chi connectivity index (χ0) is 12.7. The van der Waals surface area contributed by atoms with E-state index in [4.69, 9.17) is 5.84 Å². The van der Waals surface area contributed by atoms with Crippen LogP contribution in [0.3, 0.4) is 0 Å². The number of guanidine groups is 1. The molecule has 1 fully saturated rings. The Bertz CT molecular complexity index is 233. The summed E-state index contributed by atoms with van der Waals surface area (Å²) in [4.78, 5) is 9.07. The van der Waals surface area contributed by atoms with Gasteiger partial charge in [-0.05, 0) is 31.8 Å². The zero-order valence-electron chi connectivity index (χ0n) is 11.4. The maximum Gasteiger partial charge on any atom is 0.208 e. The van der Waals surface area contributed by atoms with E-state index >= 15 is 0 Å². The van der Waals surface area contributed by atoms with Crippen molar-refractivity contribution in [3.8, 4) is 0 Å². The maximum atomic E-state index is 5.51. The zero-order valence-corrected chi connectivity index (χ0v) is 11.4. The average molecular weight is 241 g/mol. The number of hydrazine groups is 1. The lowest BCUT2D eigenvalue weighted by molar-refractivity contribution is 0.304. The van der Waals surface area contributed by atoms with Crippen LogP contribution in [-0.4, -0.2) is 55.5 Å². The molecule has 0 aromatic carbocycles. The Morgan fingerprint density at radius 1 is 1.41 bits per heavy atom. The SMILES string of the molecule is CC(C)CN=C(NN)N(C)CCN1CCCC1. The molecular formula is C12H27N5. The van der Waals surface area contributed by atoms with Crippen LogP contribution in [-0.2, 0) is 0 Å². The molecule has 1 heterocycles. The van der Waals surface area contributed by atoms with Gasteiger partial charge in [-0.3, -0.25) is 10.4 Å². The van der Waals surface area contributed by atoms with E-state index in [9.17, 15) is 0 Å². The third-order valence-electron chi connectivity index (χ3n) is 3.05. The number of likely N-dealkylation sites (N-methyl/N-ethyl adjacent to an activating group) is 1. The molecule has 1 rings (SSSR count). The fourth-order valence-electron chi connectivity index (χ4n) is 1.95. The Labute approximate surface area is 105 Å². The first kappa shape index (κ1) is 14.3. The van der Waals surface area contributed by atoms with Crippen LogP contribution in [0.15, 0.2) is 4.99 Å². The maximum absolute atomic E-state index is 5.51. The summed E-state index contributed by atoms with van der Waals surface area (Å²) in [6, 6.07) is 0. The second-order valence-electron chi connectivity index (χ2n) is 5.17. The number of hydrogen-bond donors (Lipinski definition) is 2. The second kappa shape index (κ2) is 7.50. The van der Waals surface area contributed by atoms with Crippen LogP contribution in [0.1, 0.15) is 26.7 Å². The molecule has 0 aromatic heterocycles. The second-order valence-corrected chi connectivity index (χ2v) is 5.17. The summed E-state index contributed by atoms with van der Waals surface area (Å²) < 4.78 is 0. The largest absolute Gasteiger partial charge is 0.344 e. The van der Waals surface area contributed by atoms with Gasteiger partial charge in [0, 0.05) is 26.7 Å². The molecule has 0 bridgehead atoms. The van der Waals surface area contributed by atoms with Crippen LogP contribution in [0.4, 0.5) is 0 Å². The van der Waals surface area contributed by atoms with Crippen LogP contribution in [0.25, 0.3) is 0 Å². The molecule has 0 aliphatic carbocycles. The van der Waals surface area contributed by atoms with Gasteiger partial charge >= 0.3 is 0 Å². The van der Waals surface area contributed by atoms with E-state index in [-0.39, 0.29) is 0 Å². The number of nitrogens with one attached hydrogen (secondary N) is 1. The topological polar surface area (TPSA) is 56.9 Å². The molecule has 3 N–H and O–H groups in total. The van der Waals surface area contributed by atoms with Gasteiger partial charge in [-0.25, -0.2) is 5.84 Å². The Balaban J connectivity index is 2.31. The molecule has 1 saturated heterocycles. The highest BCUT2D eigenvalue weighted by Gasteiger charge is 2.12. The molecule has 0 saturated carbocycles. The van der Waals surface area contributed by atoms with E-state index < -0.39 is 0 Å². The van der Waals surface area contributed by atoms with Crippen LogP contribution in [0.2, 0.25) is 0 Å². The van der Waals surface area contributed by atoms with Gasteiger partial charge in [0.05, 0.1) is 0 Å². The van der Waals surface area contributed by atoms with Crippen molar-refractivity contribution in [3.63, 3.8) is 0 Å². The summed E-state index contributed by atoms with van der Waals surface area (Å²) in [6.45, 7) is 9.67. The third kappa shape index (κ3) is 5.37. The highest BCUT2D eigenvalue weighted by molar-refractivity contribution is 5.79. The van der Waals surface area contributed by atoms with Gasteiger partial charge in [0.25, 0.3) is 0 Å². The molecule has 1 aliphatic rings. The van der Waals surface area contributed by atoms with Crippen LogP contribution in [0, 0.1) is 5.92 Å². The molecule has 0 unspecified atom stereocenters. The number of nitrogens with two attached hydrogens (primary N) is 1. The minimum atomic E-state index is 0.560. The molecule has 0 atom stereocenters. The van der Waals surface area contributed by atoms with E-state index in [1.165, 1.54) is 25.9 Å². The molecule has 0 spiro atoms. The lowest BCUT2D eigenvalue weighted by atomic mass is 10.2. The average Bonchev–Trinajstić information content (AvgIpc) is 2.79. The van der Waals surface area contributed by atoms with Gasteiger partial charge in [0.1, 0.15) is 0 Å². The quantitative estimate of drug-likeness (QED) is 0.318. The van der Waals surface area contributed by atoms with Crippen molar-refractivity contribution in [3.05, 3.63) is 0 Å². The van der Waals surface area contributed by atoms with E-state index in [1.54, 1.807) is 0 Å². The van der Waals surface area contributed by atoms with E-state index in [1.807, 2.05) is 7.05 Å². The fourth-order valence-corrected chi connectivity index (χ4v) is 1.95. The van der Waals surface area contributed by atoms with Gasteiger partial charge in [-0.15, -0.1) is 0 Å². The Morgan fingerprint density at radius 3 is 2.59 bits per heavy atom. The first-order valence-corrected chi connectivity index (χ1v) is 6.58. The Kier molecular flexibility index (Phi) is 6.29. The predicted octanol–water partition coefficient (Wildman–Crippen LogP) is 0.489. The van der Waals surface area contributed by atoms with Gasteiger partial charge in [0.15, 0.2) is 0 Å². The van der Waals surface area contributed by atoms with Crippen molar-refractivity contribution in [2.24, 2.45) is 16.8 Å². The standard InChI is InChI=1S/C12H27N5/c1-11(2)10-14-12(15-13)16(3)8-9-17-6-4-5-7-17/h11H,4-10,13H2,1-3H3,(H,14,15). The van der Waals surface area contributed by atoms with Gasteiger partial charge in [0.2, 0.25) is 5.96 Å². The monoisotopic (exact) mass is 241 g/mol. The Hall–Kier alpha value is -0.810. The van der Waals surface area contributed by atoms with Crippen LogP contribution < -0.4 is 11.3 Å². The molecule has 0 amide bonds. The van der Waals surface area contributed by atoms with E-state index in [0.29, 0.717) is 5.92 Å². The van der Waals surface area contributed by atoms with Crippen molar-refractivity contribution in [2.45, 2.75) is 26.7 Å². The summed E-state index contributed by atoms with van der Waals surface area (Å²) in [7, 11) is 2.04. The molecule has 1 aliphatic heterocycles. The fraction of sp³-hybridized carbons (Fsp3) is 0.917. The first-order valence-electron chi connectivity index (χ1n) is 6.58. The summed E-state index contributed by atoms with van der Waals surface area (Å²) in [5.41, 5.74) is 2.69. The molecule has 5 nitrogen and oxygen atoms in total. The summed E-state index contributed by atoms with van der Waals surface area (Å²) in [5.74, 6) is 6.86. The van der Waals surface area contributed by atoms with Crippen molar-refractivity contribution in [2.75, 3.05) is 39.8 Å². The van der Waals surface area contributed by atoms with Gasteiger partial charge in [-0.1, -0.05) is 13.8 Å². The lowest BCUT2D eigenvalue weighted by Crippen LogP contribution is -2.45. The lowest BCUT2D eigenvalue weighted by Gasteiger charge is -2.24. The summed E-state index contributed by atoms with van der Waals surface area (Å²) in [6.07, 6.45) is 2.68. The summed E-state index contributed by atoms with van der Waals surface area (Å²) >= 11 is 0. The van der Waals surface area contributed by atoms with E-state index in [2.05, 4.69) is 34.1 Å². The van der Waals surface area contributed by atoms with Gasteiger partial charge in [-0.2, -0.15) is 0 Å². The smallest absolute Gasteiger partial charge is 0.208 e. The molecule has 0 aromatic rings. The predicted molar refractivity (Wildman–Crippen MR) is 72.8 cm³/mol.